The summed E-state index contributed by atoms with van der Waals surface area (Å²) in [6.07, 6.45) is -4.59. The van der Waals surface area contributed by atoms with Crippen LogP contribution < -0.4 is 0 Å². The molecule has 0 aliphatic carbocycles. The predicted molar refractivity (Wildman–Crippen MR) is 290 cm³/mol. The highest BCUT2D eigenvalue weighted by Crippen LogP contribution is 2.47. The molecule has 2 heterocycles. The van der Waals surface area contributed by atoms with Gasteiger partial charge in [0.05, 0.1) is 22.3 Å². The molecule has 0 fully saturated rings. The van der Waals surface area contributed by atoms with Crippen molar-refractivity contribution >= 4 is 21.8 Å². The maximum atomic E-state index is 14.9. The molecule has 0 spiro atoms. The van der Waals surface area contributed by atoms with E-state index in [1.807, 2.05) is 72.8 Å². The second-order valence-corrected chi connectivity index (χ2v) is 19.3. The van der Waals surface area contributed by atoms with Gasteiger partial charge in [0.1, 0.15) is 0 Å². The molecule has 0 aliphatic rings. The fourth-order valence-corrected chi connectivity index (χ4v) is 10.9. The largest absolute Gasteiger partial charge is 0.416 e. The van der Waals surface area contributed by atoms with Gasteiger partial charge in [-0.1, -0.05) is 150 Å². The lowest BCUT2D eigenvalue weighted by Crippen LogP contribution is -2.06. The number of fused-ring (bicyclic) bond motifs is 3. The smallest absolute Gasteiger partial charge is 0.308 e. The molecule has 11 aromatic rings. The highest BCUT2D eigenvalue weighted by molar-refractivity contribution is 6.13. The van der Waals surface area contributed by atoms with Gasteiger partial charge in [-0.25, -0.2) is 15.0 Å². The van der Waals surface area contributed by atoms with Crippen LogP contribution in [0.5, 0.6) is 0 Å². The van der Waals surface area contributed by atoms with Crippen LogP contribution in [-0.2, 0) is 6.18 Å². The molecule has 2 aromatic heterocycles. The summed E-state index contributed by atoms with van der Waals surface area (Å²) in [7, 11) is 0. The summed E-state index contributed by atoms with van der Waals surface area (Å²) in [5.41, 5.74) is 19.5. The Labute approximate surface area is 418 Å². The Balaban J connectivity index is 1.28. The van der Waals surface area contributed by atoms with E-state index in [1.54, 1.807) is 6.07 Å². The Morgan fingerprint density at radius 1 is 0.347 bits per heavy atom. The molecule has 4 nitrogen and oxygen atoms in total. The van der Waals surface area contributed by atoms with Crippen molar-refractivity contribution in [2.75, 3.05) is 0 Å². The van der Waals surface area contributed by atoms with E-state index in [1.165, 1.54) is 56.6 Å². The third-order valence-corrected chi connectivity index (χ3v) is 13.8. The molecule has 0 N–H and O–H groups in total. The lowest BCUT2D eigenvalue weighted by atomic mass is 9.91. The van der Waals surface area contributed by atoms with E-state index in [4.69, 9.17) is 15.0 Å². The first-order valence-electron chi connectivity index (χ1n) is 24.2. The minimum atomic E-state index is -4.59. The van der Waals surface area contributed by atoms with E-state index in [2.05, 4.69) is 138 Å². The number of hydrogen-bond donors (Lipinski definition) is 0. The van der Waals surface area contributed by atoms with Crippen molar-refractivity contribution in [3.05, 3.63) is 226 Å². The molecule has 0 saturated heterocycles. The summed E-state index contributed by atoms with van der Waals surface area (Å²) in [6.45, 7) is 15.0. The van der Waals surface area contributed by atoms with Crippen LogP contribution in [0.1, 0.15) is 44.5 Å². The van der Waals surface area contributed by atoms with Gasteiger partial charge < -0.3 is 4.57 Å². The molecule has 0 aliphatic heterocycles. The maximum Gasteiger partial charge on any atom is 0.416 e. The molecule has 7 heteroatoms. The molecule has 72 heavy (non-hydrogen) atoms. The van der Waals surface area contributed by atoms with Gasteiger partial charge in [0, 0.05) is 38.6 Å². The second-order valence-electron chi connectivity index (χ2n) is 19.3. The summed E-state index contributed by atoms with van der Waals surface area (Å²) in [5.74, 6) is 1.35. The SMILES string of the molecule is Cc1cccc(-c2cc(-c3nc(-c4ccccc4)nc(-c4ccccc4)n3)cc(-c3cccc(C(F)(F)F)c3)c2-n2c3ccc(-c4c(C)cc(C)cc4C)cc3c3cc(-c4c(C)cc(C)cc4C)ccc32)c1. The zero-order valence-corrected chi connectivity index (χ0v) is 41.2. The van der Waals surface area contributed by atoms with Crippen LogP contribution in [0.3, 0.4) is 0 Å². The molecular weight excluding hydrogens is 894 g/mol. The highest BCUT2D eigenvalue weighted by Gasteiger charge is 2.32. The van der Waals surface area contributed by atoms with Crippen LogP contribution in [0.2, 0.25) is 0 Å². The Morgan fingerprint density at radius 2 is 0.764 bits per heavy atom. The molecule has 0 radical (unpaired) electrons. The molecule has 0 unspecified atom stereocenters. The Bertz CT molecular complexity index is 3710. The van der Waals surface area contributed by atoms with Crippen molar-refractivity contribution in [1.82, 2.24) is 19.5 Å². The van der Waals surface area contributed by atoms with Crippen molar-refractivity contribution in [3.63, 3.8) is 0 Å². The third kappa shape index (κ3) is 8.45. The first-order valence-corrected chi connectivity index (χ1v) is 24.2. The molecule has 11 rings (SSSR count). The van der Waals surface area contributed by atoms with Crippen molar-refractivity contribution in [1.29, 1.82) is 0 Å². The van der Waals surface area contributed by atoms with Crippen LogP contribution in [-0.4, -0.2) is 19.5 Å². The molecule has 9 aromatic carbocycles. The van der Waals surface area contributed by atoms with Crippen LogP contribution in [0.25, 0.3) is 106 Å². The minimum Gasteiger partial charge on any atom is -0.308 e. The number of hydrogen-bond acceptors (Lipinski definition) is 3. The third-order valence-electron chi connectivity index (χ3n) is 13.8. The number of aryl methyl sites for hydroxylation is 7. The molecular formula is C65H51F3N4. The fraction of sp³-hybridized carbons (Fsp3) is 0.123. The number of rotatable bonds is 8. The van der Waals surface area contributed by atoms with Gasteiger partial charge >= 0.3 is 6.18 Å². The molecule has 0 amide bonds. The van der Waals surface area contributed by atoms with E-state index in [-0.39, 0.29) is 0 Å². The zero-order valence-electron chi connectivity index (χ0n) is 41.2. The maximum absolute atomic E-state index is 14.9. The van der Waals surface area contributed by atoms with Crippen molar-refractivity contribution in [2.24, 2.45) is 0 Å². The molecule has 352 valence electrons. The standard InChI is InChI=1S/C65H51F3N4/c1-38-16-14-21-47(32-38)53-36-51(64-70-62(45-17-10-8-11-18-45)69-63(71-64)46-19-12-9-13-20-46)37-54(48-22-15-23-52(33-48)65(66,67)68)61(53)72-57-26-24-49(59-41(4)28-39(2)29-42(59)5)34-55(57)56-35-50(25-27-58(56)72)60-43(6)30-40(3)31-44(60)7/h8-37H,1-7H3. The van der Waals surface area contributed by atoms with Gasteiger partial charge in [-0.2, -0.15) is 13.2 Å². The normalized spacial score (nSPS) is 11.8. The lowest BCUT2D eigenvalue weighted by molar-refractivity contribution is -0.137. The average molecular weight is 945 g/mol. The van der Waals surface area contributed by atoms with Gasteiger partial charge in [-0.05, 0) is 153 Å². The van der Waals surface area contributed by atoms with E-state index in [0.717, 1.165) is 72.5 Å². The Morgan fingerprint density at radius 3 is 1.21 bits per heavy atom. The average Bonchev–Trinajstić information content (AvgIpc) is 3.68. The van der Waals surface area contributed by atoms with Crippen LogP contribution in [0, 0.1) is 48.5 Å². The van der Waals surface area contributed by atoms with Gasteiger partial charge in [0.25, 0.3) is 0 Å². The van der Waals surface area contributed by atoms with E-state index in [9.17, 15) is 13.2 Å². The molecule has 0 bridgehead atoms. The number of alkyl halides is 3. The van der Waals surface area contributed by atoms with Gasteiger partial charge in [-0.15, -0.1) is 0 Å². The summed E-state index contributed by atoms with van der Waals surface area (Å²) in [4.78, 5) is 15.3. The van der Waals surface area contributed by atoms with Crippen LogP contribution >= 0.6 is 0 Å². The van der Waals surface area contributed by atoms with Crippen molar-refractivity contribution < 1.29 is 13.2 Å². The number of nitrogens with zero attached hydrogens (tertiary/aromatic N) is 4. The van der Waals surface area contributed by atoms with E-state index in [0.29, 0.717) is 34.2 Å². The van der Waals surface area contributed by atoms with Crippen LogP contribution in [0.4, 0.5) is 13.2 Å². The number of aromatic nitrogens is 4. The summed E-state index contributed by atoms with van der Waals surface area (Å²) in [5, 5.41) is 2.05. The second kappa shape index (κ2) is 18.1. The first-order chi connectivity index (χ1) is 34.7. The van der Waals surface area contributed by atoms with Crippen LogP contribution in [0.15, 0.2) is 182 Å². The predicted octanol–water partition coefficient (Wildman–Crippen LogP) is 17.8. The molecule has 0 saturated carbocycles. The number of benzene rings is 9. The van der Waals surface area contributed by atoms with Crippen molar-refractivity contribution in [2.45, 2.75) is 54.6 Å². The quantitative estimate of drug-likeness (QED) is 0.152. The topological polar surface area (TPSA) is 43.6 Å². The zero-order chi connectivity index (χ0) is 50.0. The first kappa shape index (κ1) is 46.0. The van der Waals surface area contributed by atoms with Gasteiger partial charge in [0.2, 0.25) is 0 Å². The summed E-state index contributed by atoms with van der Waals surface area (Å²) in [6, 6.07) is 59.8. The summed E-state index contributed by atoms with van der Waals surface area (Å²) >= 11 is 0. The fourth-order valence-electron chi connectivity index (χ4n) is 10.9. The van der Waals surface area contributed by atoms with Crippen molar-refractivity contribution in [3.8, 4) is 84.4 Å². The highest BCUT2D eigenvalue weighted by atomic mass is 19.4. The minimum absolute atomic E-state index is 0.389. The monoisotopic (exact) mass is 944 g/mol. The lowest BCUT2D eigenvalue weighted by Gasteiger charge is -2.22. The Kier molecular flexibility index (Phi) is 11.5. The number of halogens is 3. The van der Waals surface area contributed by atoms with E-state index >= 15 is 0 Å². The van der Waals surface area contributed by atoms with E-state index < -0.39 is 11.7 Å². The summed E-state index contributed by atoms with van der Waals surface area (Å²) < 4.78 is 47.0. The molecule has 0 atom stereocenters. The van der Waals surface area contributed by atoms with Gasteiger partial charge in [-0.3, -0.25) is 0 Å². The Hall–Kier alpha value is -8.42. The van der Waals surface area contributed by atoms with Gasteiger partial charge in [0.15, 0.2) is 17.5 Å².